The van der Waals surface area contributed by atoms with E-state index < -0.39 is 8.80 Å². The third kappa shape index (κ3) is 7.68. The van der Waals surface area contributed by atoms with Crippen LogP contribution >= 0.6 is 0 Å². The van der Waals surface area contributed by atoms with Crippen LogP contribution in [-0.4, -0.2) is 8.80 Å². The van der Waals surface area contributed by atoms with Crippen LogP contribution in [0.4, 0.5) is 17.1 Å². The molecule has 76 heavy (non-hydrogen) atoms. The molecule has 0 aliphatic heterocycles. The number of para-hydroxylation sites is 2. The number of nitrogens with zero attached hydrogens (tertiary/aromatic N) is 1. The minimum Gasteiger partial charge on any atom is -0.310 e. The van der Waals surface area contributed by atoms with E-state index in [9.17, 15) is 0 Å². The Morgan fingerprint density at radius 2 is 0.737 bits per heavy atom. The third-order valence-corrected chi connectivity index (χ3v) is 24.2. The summed E-state index contributed by atoms with van der Waals surface area (Å²) in [4.78, 5) is 2.42. The van der Waals surface area contributed by atoms with E-state index in [1.54, 1.807) is 5.19 Å². The van der Waals surface area contributed by atoms with Gasteiger partial charge in [0, 0.05) is 27.9 Å². The van der Waals surface area contributed by atoms with Crippen LogP contribution in [-0.2, 0) is 36.5 Å². The number of hydrogen-bond acceptors (Lipinski definition) is 1. The lowest BCUT2D eigenvalue weighted by molar-refractivity contribution is 0.465. The van der Waals surface area contributed by atoms with Crippen molar-refractivity contribution in [3.63, 3.8) is 0 Å². The molecule has 372 valence electrons. The number of hydrogen-bond donors (Lipinski definition) is 0. The fraction of sp³-hybridized carbons (Fsp3) is 0.243. The monoisotopic (exact) mass is 998 g/mol. The Bertz CT molecular complexity index is 3580. The Morgan fingerprint density at radius 3 is 1.21 bits per heavy atom. The zero-order valence-corrected chi connectivity index (χ0v) is 45.0. The average Bonchev–Trinajstić information content (AvgIpc) is 4.27. The predicted octanol–water partition coefficient (Wildman–Crippen LogP) is 18.2. The van der Waals surface area contributed by atoms with E-state index in [2.05, 4.69) is 223 Å². The van der Waals surface area contributed by atoms with Crippen molar-refractivity contribution in [1.29, 1.82) is 0 Å². The summed E-state index contributed by atoms with van der Waals surface area (Å²) in [5.41, 5.74) is 27.9. The van der Waals surface area contributed by atoms with Crippen molar-refractivity contribution in [1.82, 2.24) is 0 Å². The molecule has 9 aromatic carbocycles. The van der Waals surface area contributed by atoms with E-state index in [0.717, 1.165) is 48.1 Å². The first-order chi connectivity index (χ1) is 37.6. The lowest BCUT2D eigenvalue weighted by Crippen LogP contribution is -2.41. The standard InChI is InChI=1S/C74H67NSi/c1-5-21-59(22-6-1)75(60-23-7-2-8-24-60)61-36-42-68-66-40-32-52(44-70(66)74(72(68)46-61)49-57-19-15-16-20-58(57)50-74)30-29-51-31-39-65-67-41-35-54(45-71(67)73(69(65)43-51)47-55-17-13-14-18-56(55)48-73)53-33-37-64(38-34-53)76(62-25-9-3-10-26-62)63-27-11-4-12-28-63/h1-2,5-8,13-24,29-46,62-63,76H,3-4,9-12,25-28,47-50H2/b30-29+. The van der Waals surface area contributed by atoms with Gasteiger partial charge in [0.25, 0.3) is 0 Å². The quantitative estimate of drug-likeness (QED) is 0.103. The van der Waals surface area contributed by atoms with Gasteiger partial charge in [-0.1, -0.05) is 245 Å². The number of benzene rings is 9. The van der Waals surface area contributed by atoms with E-state index in [1.807, 2.05) is 0 Å². The highest BCUT2D eigenvalue weighted by molar-refractivity contribution is 6.76. The van der Waals surface area contributed by atoms with E-state index in [1.165, 1.54) is 159 Å². The van der Waals surface area contributed by atoms with Crippen molar-refractivity contribution in [2.75, 3.05) is 4.90 Å². The van der Waals surface area contributed by atoms with Gasteiger partial charge >= 0.3 is 0 Å². The fourth-order valence-corrected chi connectivity index (χ4v) is 21.0. The second kappa shape index (κ2) is 18.8. The van der Waals surface area contributed by atoms with Crippen molar-refractivity contribution in [3.8, 4) is 33.4 Å². The maximum atomic E-state index is 2.60. The molecule has 0 saturated heterocycles. The van der Waals surface area contributed by atoms with Gasteiger partial charge in [-0.15, -0.1) is 0 Å². The molecular formula is C74H67NSi. The van der Waals surface area contributed by atoms with Gasteiger partial charge in [-0.05, 0) is 168 Å². The molecule has 0 N–H and O–H groups in total. The molecule has 0 atom stereocenters. The van der Waals surface area contributed by atoms with Crippen LogP contribution in [0.1, 0.15) is 120 Å². The Kier molecular flexibility index (Phi) is 11.4. The zero-order chi connectivity index (χ0) is 50.2. The molecule has 2 saturated carbocycles. The average molecular weight is 998 g/mol. The van der Waals surface area contributed by atoms with Crippen LogP contribution in [0, 0.1) is 0 Å². The lowest BCUT2D eigenvalue weighted by Gasteiger charge is -2.37. The van der Waals surface area contributed by atoms with Crippen molar-refractivity contribution >= 4 is 43.2 Å². The van der Waals surface area contributed by atoms with Crippen LogP contribution in [0.5, 0.6) is 0 Å². The molecular weight excluding hydrogens is 931 g/mol. The third-order valence-electron chi connectivity index (χ3n) is 19.7. The number of fused-ring (bicyclic) bond motifs is 12. The number of anilines is 3. The van der Waals surface area contributed by atoms with Crippen LogP contribution in [0.3, 0.4) is 0 Å². The molecule has 0 amide bonds. The van der Waals surface area contributed by atoms with Crippen LogP contribution < -0.4 is 10.1 Å². The maximum absolute atomic E-state index is 2.60. The van der Waals surface area contributed by atoms with E-state index in [0.29, 0.717) is 0 Å². The fourth-order valence-electron chi connectivity index (χ4n) is 16.1. The Balaban J connectivity index is 0.766. The van der Waals surface area contributed by atoms with E-state index in [-0.39, 0.29) is 10.8 Å². The molecule has 2 heteroatoms. The second-order valence-corrected chi connectivity index (χ2v) is 27.4. The highest BCUT2D eigenvalue weighted by Gasteiger charge is 2.49. The van der Waals surface area contributed by atoms with Gasteiger partial charge in [-0.3, -0.25) is 0 Å². The molecule has 15 rings (SSSR count). The summed E-state index contributed by atoms with van der Waals surface area (Å²) in [5.74, 6) is 0. The molecule has 6 aliphatic carbocycles. The highest BCUT2D eigenvalue weighted by atomic mass is 28.3. The van der Waals surface area contributed by atoms with Crippen molar-refractivity contribution < 1.29 is 0 Å². The summed E-state index contributed by atoms with van der Waals surface area (Å²) in [7, 11) is -1.08. The highest BCUT2D eigenvalue weighted by Crippen LogP contribution is 2.58. The second-order valence-electron chi connectivity index (χ2n) is 23.8. The molecule has 2 fully saturated rings. The Labute approximate surface area is 452 Å². The van der Waals surface area contributed by atoms with E-state index in [4.69, 9.17) is 0 Å². The molecule has 9 aromatic rings. The molecule has 0 aromatic heterocycles. The van der Waals surface area contributed by atoms with E-state index >= 15 is 0 Å². The molecule has 0 heterocycles. The van der Waals surface area contributed by atoms with Gasteiger partial charge < -0.3 is 4.90 Å². The van der Waals surface area contributed by atoms with Gasteiger partial charge in [0.1, 0.15) is 0 Å². The molecule has 0 bridgehead atoms. The topological polar surface area (TPSA) is 3.24 Å². The van der Waals surface area contributed by atoms with Crippen molar-refractivity contribution in [2.24, 2.45) is 0 Å². The summed E-state index contributed by atoms with van der Waals surface area (Å²) in [6.07, 6.45) is 23.5. The molecule has 0 radical (unpaired) electrons. The molecule has 1 nitrogen and oxygen atoms in total. The largest absolute Gasteiger partial charge is 0.310 e. The summed E-state index contributed by atoms with van der Waals surface area (Å²) in [6.45, 7) is 0. The summed E-state index contributed by atoms with van der Waals surface area (Å²) in [5, 5.41) is 1.75. The van der Waals surface area contributed by atoms with Crippen LogP contribution in [0.2, 0.25) is 11.1 Å². The normalized spacial score (nSPS) is 17.7. The van der Waals surface area contributed by atoms with Crippen molar-refractivity contribution in [2.45, 2.75) is 112 Å². The van der Waals surface area contributed by atoms with Crippen molar-refractivity contribution in [3.05, 3.63) is 262 Å². The summed E-state index contributed by atoms with van der Waals surface area (Å²) < 4.78 is 0. The van der Waals surface area contributed by atoms with Gasteiger partial charge in [-0.25, -0.2) is 0 Å². The van der Waals surface area contributed by atoms with Crippen LogP contribution in [0.25, 0.3) is 45.5 Å². The summed E-state index contributed by atoms with van der Waals surface area (Å²) >= 11 is 0. The minimum atomic E-state index is -1.08. The first-order valence-electron chi connectivity index (χ1n) is 29.0. The minimum absolute atomic E-state index is 0.0905. The Hall–Kier alpha value is -7.26. The smallest absolute Gasteiger partial charge is 0.0769 e. The molecule has 2 spiro atoms. The molecule has 6 aliphatic rings. The van der Waals surface area contributed by atoms with Gasteiger partial charge in [0.15, 0.2) is 0 Å². The molecule has 0 unspecified atom stereocenters. The maximum Gasteiger partial charge on any atom is 0.0769 e. The first-order valence-corrected chi connectivity index (χ1v) is 30.9. The lowest BCUT2D eigenvalue weighted by atomic mass is 9.74. The van der Waals surface area contributed by atoms with Crippen LogP contribution in [0.15, 0.2) is 206 Å². The zero-order valence-electron chi connectivity index (χ0n) is 43.9. The predicted molar refractivity (Wildman–Crippen MR) is 323 cm³/mol. The summed E-state index contributed by atoms with van der Waals surface area (Å²) in [6, 6.07) is 79.8. The Morgan fingerprint density at radius 1 is 0.342 bits per heavy atom. The van der Waals surface area contributed by atoms with Gasteiger partial charge in [-0.2, -0.15) is 0 Å². The van der Waals surface area contributed by atoms with Gasteiger partial charge in [0.2, 0.25) is 0 Å². The first kappa shape index (κ1) is 46.1. The SMILES string of the molecule is C(=C\c1ccc2c(c1)C1(Cc3ccccc3C1)c1cc(N(c3ccccc3)c3ccccc3)ccc1-2)/c1ccc2c(c1)C1(Cc3ccccc3C1)c1cc(-c3ccc([SiH](C4CCCCC4)C4CCCCC4)cc3)ccc1-2. The number of rotatable bonds is 9. The van der Waals surface area contributed by atoms with Gasteiger partial charge in [0.05, 0.1) is 8.80 Å².